The lowest BCUT2D eigenvalue weighted by molar-refractivity contribution is 0.298. The van der Waals surface area contributed by atoms with Gasteiger partial charge in [-0.05, 0) is 44.2 Å². The second-order valence-electron chi connectivity index (χ2n) is 5.49. The third-order valence-electron chi connectivity index (χ3n) is 3.38. The van der Waals surface area contributed by atoms with Crippen LogP contribution < -0.4 is 4.74 Å². The van der Waals surface area contributed by atoms with Gasteiger partial charge in [0.2, 0.25) is 0 Å². The molecule has 0 saturated heterocycles. The molecule has 0 N–H and O–H groups in total. The van der Waals surface area contributed by atoms with Gasteiger partial charge in [0.05, 0.1) is 23.7 Å². The Labute approximate surface area is 128 Å². The van der Waals surface area contributed by atoms with Crippen LogP contribution in [0.2, 0.25) is 0 Å². The van der Waals surface area contributed by atoms with Crippen LogP contribution in [-0.4, -0.2) is 22.6 Å². The molecule has 116 valence electrons. The minimum absolute atomic E-state index is 0.354. The summed E-state index contributed by atoms with van der Waals surface area (Å²) in [6, 6.07) is 4.55. The van der Waals surface area contributed by atoms with E-state index < -0.39 is 11.4 Å². The van der Waals surface area contributed by atoms with Crippen molar-refractivity contribution >= 4 is 17.1 Å². The Kier molecular flexibility index (Phi) is 6.06. The summed E-state index contributed by atoms with van der Waals surface area (Å²) in [6.07, 6.45) is 4.25. The lowest BCUT2D eigenvalue weighted by Crippen LogP contribution is -2.07. The summed E-state index contributed by atoms with van der Waals surface area (Å²) in [4.78, 5) is 0. The van der Waals surface area contributed by atoms with E-state index in [-0.39, 0.29) is 5.82 Å². The van der Waals surface area contributed by atoms with Crippen molar-refractivity contribution in [1.82, 2.24) is 0 Å². The SMILES string of the molecule is CCCC[S@+]([O-])/N=C(\C)c1cc(F)cc(OCC2CC2)c1. The molecule has 3 nitrogen and oxygen atoms in total. The molecular formula is C16H22FNO2S. The minimum atomic E-state index is -1.24. The van der Waals surface area contributed by atoms with Crippen molar-refractivity contribution in [3.8, 4) is 5.75 Å². The highest BCUT2D eigenvalue weighted by Gasteiger charge is 2.22. The van der Waals surface area contributed by atoms with Gasteiger partial charge < -0.3 is 9.29 Å². The van der Waals surface area contributed by atoms with Gasteiger partial charge in [0, 0.05) is 11.6 Å². The van der Waals surface area contributed by atoms with E-state index in [9.17, 15) is 8.94 Å². The van der Waals surface area contributed by atoms with Gasteiger partial charge in [-0.15, -0.1) is 0 Å². The molecule has 1 aliphatic carbocycles. The number of nitrogens with zero attached hydrogens (tertiary/aromatic N) is 1. The highest BCUT2D eigenvalue weighted by molar-refractivity contribution is 7.90. The maximum Gasteiger partial charge on any atom is 0.133 e. The van der Waals surface area contributed by atoms with Gasteiger partial charge >= 0.3 is 0 Å². The highest BCUT2D eigenvalue weighted by Crippen LogP contribution is 2.30. The molecule has 5 heteroatoms. The van der Waals surface area contributed by atoms with Gasteiger partial charge in [-0.3, -0.25) is 0 Å². The molecule has 1 saturated carbocycles. The molecule has 0 aliphatic heterocycles. The van der Waals surface area contributed by atoms with Crippen molar-refractivity contribution in [3.05, 3.63) is 29.6 Å². The molecule has 0 heterocycles. The topological polar surface area (TPSA) is 44.7 Å². The molecule has 2 rings (SSSR count). The predicted octanol–water partition coefficient (Wildman–Crippen LogP) is 3.89. The zero-order chi connectivity index (χ0) is 15.2. The maximum absolute atomic E-state index is 13.7. The van der Waals surface area contributed by atoms with Gasteiger partial charge in [-0.2, -0.15) is 0 Å². The molecule has 0 spiro atoms. The van der Waals surface area contributed by atoms with E-state index in [0.717, 1.165) is 12.8 Å². The number of halogens is 1. The summed E-state index contributed by atoms with van der Waals surface area (Å²) < 4.78 is 35.2. The molecule has 1 aromatic carbocycles. The normalized spacial score (nSPS) is 16.9. The highest BCUT2D eigenvalue weighted by atomic mass is 32.2. The van der Waals surface area contributed by atoms with Crippen LogP contribution in [0.3, 0.4) is 0 Å². The number of benzene rings is 1. The van der Waals surface area contributed by atoms with Crippen LogP contribution in [0.4, 0.5) is 4.39 Å². The van der Waals surface area contributed by atoms with Gasteiger partial charge in [0.25, 0.3) is 0 Å². The van der Waals surface area contributed by atoms with Crippen molar-refractivity contribution in [1.29, 1.82) is 0 Å². The first kappa shape index (κ1) is 16.3. The third kappa shape index (κ3) is 5.67. The number of hydrogen-bond acceptors (Lipinski definition) is 3. The van der Waals surface area contributed by atoms with Crippen molar-refractivity contribution in [2.45, 2.75) is 39.5 Å². The molecular weight excluding hydrogens is 289 g/mol. The summed E-state index contributed by atoms with van der Waals surface area (Å²) in [5, 5.41) is 0. The van der Waals surface area contributed by atoms with Crippen molar-refractivity contribution < 1.29 is 13.7 Å². The van der Waals surface area contributed by atoms with Crippen LogP contribution in [0.25, 0.3) is 0 Å². The van der Waals surface area contributed by atoms with Gasteiger partial charge in [0.15, 0.2) is 0 Å². The Bertz CT molecular complexity index is 503. The van der Waals surface area contributed by atoms with Crippen LogP contribution in [0.1, 0.15) is 45.1 Å². The molecule has 0 radical (unpaired) electrons. The number of rotatable bonds is 8. The largest absolute Gasteiger partial charge is 0.591 e. The first-order valence-corrected chi connectivity index (χ1v) is 8.73. The zero-order valence-electron chi connectivity index (χ0n) is 12.6. The summed E-state index contributed by atoms with van der Waals surface area (Å²) in [5.74, 6) is 1.33. The van der Waals surface area contributed by atoms with E-state index in [1.807, 2.05) is 6.92 Å². The lowest BCUT2D eigenvalue weighted by atomic mass is 10.1. The van der Waals surface area contributed by atoms with E-state index in [1.54, 1.807) is 13.0 Å². The summed E-state index contributed by atoms with van der Waals surface area (Å²) in [5.41, 5.74) is 1.21. The zero-order valence-corrected chi connectivity index (χ0v) is 13.4. The molecule has 0 aromatic heterocycles. The van der Waals surface area contributed by atoms with Crippen LogP contribution in [0.15, 0.2) is 22.6 Å². The molecule has 1 atom stereocenters. The van der Waals surface area contributed by atoms with Gasteiger partial charge in [-0.25, -0.2) is 4.39 Å². The van der Waals surface area contributed by atoms with Crippen LogP contribution in [0.5, 0.6) is 5.75 Å². The fourth-order valence-corrected chi connectivity index (χ4v) is 2.91. The number of ether oxygens (including phenoxy) is 1. The molecule has 1 fully saturated rings. The first-order chi connectivity index (χ1) is 10.1. The molecule has 1 aromatic rings. The summed E-state index contributed by atoms with van der Waals surface area (Å²) in [6.45, 7) is 4.44. The second kappa shape index (κ2) is 7.80. The number of hydrogen-bond donors (Lipinski definition) is 0. The number of unbranched alkanes of at least 4 members (excludes halogenated alkanes) is 1. The molecule has 0 amide bonds. The van der Waals surface area contributed by atoms with Crippen LogP contribution in [-0.2, 0) is 11.4 Å². The Balaban J connectivity index is 2.04. The van der Waals surface area contributed by atoms with E-state index >= 15 is 0 Å². The fourth-order valence-electron chi connectivity index (χ4n) is 1.87. The first-order valence-electron chi connectivity index (χ1n) is 7.46. The maximum atomic E-state index is 13.7. The summed E-state index contributed by atoms with van der Waals surface area (Å²) in [7, 11) is 0. The smallest absolute Gasteiger partial charge is 0.133 e. The van der Waals surface area contributed by atoms with Crippen molar-refractivity contribution in [3.63, 3.8) is 0 Å². The van der Waals surface area contributed by atoms with E-state index in [4.69, 9.17) is 4.74 Å². The van der Waals surface area contributed by atoms with E-state index in [0.29, 0.717) is 35.3 Å². The van der Waals surface area contributed by atoms with Crippen LogP contribution in [0, 0.1) is 11.7 Å². The predicted molar refractivity (Wildman–Crippen MR) is 84.7 cm³/mol. The quantitative estimate of drug-likeness (QED) is 0.540. The Hall–Kier alpha value is -1.07. The monoisotopic (exact) mass is 311 g/mol. The van der Waals surface area contributed by atoms with E-state index in [1.165, 1.54) is 25.0 Å². The summed E-state index contributed by atoms with van der Waals surface area (Å²) >= 11 is -1.24. The fraction of sp³-hybridized carbons (Fsp3) is 0.562. The lowest BCUT2D eigenvalue weighted by Gasteiger charge is -2.09. The average Bonchev–Trinajstić information content (AvgIpc) is 3.26. The molecule has 0 unspecified atom stereocenters. The Morgan fingerprint density at radius 2 is 2.19 bits per heavy atom. The Morgan fingerprint density at radius 3 is 2.86 bits per heavy atom. The van der Waals surface area contributed by atoms with Crippen molar-refractivity contribution in [2.24, 2.45) is 10.3 Å². The van der Waals surface area contributed by atoms with Gasteiger partial charge in [-0.1, -0.05) is 17.7 Å². The average molecular weight is 311 g/mol. The Morgan fingerprint density at radius 1 is 1.43 bits per heavy atom. The van der Waals surface area contributed by atoms with Crippen LogP contribution >= 0.6 is 0 Å². The van der Waals surface area contributed by atoms with Gasteiger partial charge in [0.1, 0.15) is 17.3 Å². The molecule has 21 heavy (non-hydrogen) atoms. The third-order valence-corrected chi connectivity index (χ3v) is 4.50. The van der Waals surface area contributed by atoms with Crippen molar-refractivity contribution in [2.75, 3.05) is 12.4 Å². The standard InChI is InChI=1S/C16H22FNO2S/c1-3-4-7-21(19)18-12(2)14-8-15(17)10-16(9-14)20-11-13-5-6-13/h8-10,13H,3-7,11H2,1-2H3/b18-12+/t21-/m0/s1. The molecule has 1 aliphatic rings. The van der Waals surface area contributed by atoms with E-state index in [2.05, 4.69) is 4.40 Å². The molecule has 0 bridgehead atoms. The minimum Gasteiger partial charge on any atom is -0.591 e. The second-order valence-corrected chi connectivity index (χ2v) is 6.72.